The number of carbonyl (C=O) groups is 1. The van der Waals surface area contributed by atoms with Gasteiger partial charge >= 0.3 is 0 Å². The number of para-hydroxylation sites is 2. The van der Waals surface area contributed by atoms with Gasteiger partial charge in [0.15, 0.2) is 10.8 Å². The van der Waals surface area contributed by atoms with Gasteiger partial charge in [-0.3, -0.25) is 14.2 Å². The maximum atomic E-state index is 13.3. The zero-order valence-electron chi connectivity index (χ0n) is 17.7. The molecule has 0 saturated heterocycles. The molecule has 0 radical (unpaired) electrons. The van der Waals surface area contributed by atoms with Crippen LogP contribution < -0.4 is 15.6 Å². The van der Waals surface area contributed by atoms with Crippen molar-refractivity contribution in [3.63, 3.8) is 0 Å². The number of halogens is 1. The largest absolute Gasteiger partial charge is 0.492 e. The van der Waals surface area contributed by atoms with Gasteiger partial charge in [-0.2, -0.15) is 5.10 Å². The molecule has 1 aliphatic rings. The van der Waals surface area contributed by atoms with Crippen molar-refractivity contribution in [1.82, 2.24) is 19.3 Å². The summed E-state index contributed by atoms with van der Waals surface area (Å²) in [6.07, 6.45) is 1.58. The van der Waals surface area contributed by atoms with Crippen LogP contribution in [-0.4, -0.2) is 37.6 Å². The van der Waals surface area contributed by atoms with Gasteiger partial charge in [-0.05, 0) is 43.3 Å². The third kappa shape index (κ3) is 3.97. The summed E-state index contributed by atoms with van der Waals surface area (Å²) in [5.41, 5.74) is 1.36. The number of hydrogen-bond donors (Lipinski definition) is 1. The number of amides is 1. The lowest BCUT2D eigenvalue weighted by atomic mass is 10.2. The van der Waals surface area contributed by atoms with Gasteiger partial charge in [0, 0.05) is 12.2 Å². The van der Waals surface area contributed by atoms with Crippen LogP contribution in [0.4, 0.5) is 10.1 Å². The second kappa shape index (κ2) is 8.70. The molecule has 2 aromatic heterocycles. The minimum Gasteiger partial charge on any atom is -0.492 e. The Morgan fingerprint density at radius 1 is 1.24 bits per heavy atom. The maximum absolute atomic E-state index is 13.3. The first-order valence-electron chi connectivity index (χ1n) is 10.5. The van der Waals surface area contributed by atoms with E-state index in [1.54, 1.807) is 28.8 Å². The molecule has 1 amide bonds. The number of carbonyl (C=O) groups excluding carboxylic acids is 1. The molecule has 33 heavy (non-hydrogen) atoms. The Kier molecular flexibility index (Phi) is 5.59. The third-order valence-electron chi connectivity index (χ3n) is 5.32. The van der Waals surface area contributed by atoms with Crippen molar-refractivity contribution in [2.45, 2.75) is 24.5 Å². The highest BCUT2D eigenvalue weighted by molar-refractivity contribution is 7.99. The predicted octanol–water partition coefficient (Wildman–Crippen LogP) is 3.80. The van der Waals surface area contributed by atoms with Gasteiger partial charge < -0.3 is 10.1 Å². The normalized spacial score (nSPS) is 14.9. The summed E-state index contributed by atoms with van der Waals surface area (Å²) in [5.74, 6) is 0.585. The van der Waals surface area contributed by atoms with Gasteiger partial charge in [0.05, 0.1) is 30.2 Å². The molecule has 1 atom stereocenters. The first kappa shape index (κ1) is 21.2. The molecule has 8 nitrogen and oxygen atoms in total. The summed E-state index contributed by atoms with van der Waals surface area (Å²) < 4.78 is 21.9. The quantitative estimate of drug-likeness (QED) is 0.436. The predicted molar refractivity (Wildman–Crippen MR) is 124 cm³/mol. The topological polar surface area (TPSA) is 91.0 Å². The summed E-state index contributed by atoms with van der Waals surface area (Å²) >= 11 is 1.42. The van der Waals surface area contributed by atoms with E-state index in [9.17, 15) is 14.0 Å². The zero-order chi connectivity index (χ0) is 22.9. The van der Waals surface area contributed by atoms with Crippen molar-refractivity contribution >= 4 is 34.4 Å². The second-order valence-corrected chi connectivity index (χ2v) is 8.47. The van der Waals surface area contributed by atoms with E-state index in [1.165, 1.54) is 34.8 Å². The summed E-state index contributed by atoms with van der Waals surface area (Å²) in [6.45, 7) is 2.37. The first-order valence-corrected chi connectivity index (χ1v) is 11.4. The summed E-state index contributed by atoms with van der Waals surface area (Å²) in [4.78, 5) is 30.7. The highest BCUT2D eigenvalue weighted by Gasteiger charge is 2.29. The van der Waals surface area contributed by atoms with E-state index in [1.807, 2.05) is 19.1 Å². The Labute approximate surface area is 192 Å². The second-order valence-electron chi connectivity index (χ2n) is 7.49. The van der Waals surface area contributed by atoms with E-state index in [4.69, 9.17) is 4.74 Å². The molecular weight excluding hydrogens is 445 g/mol. The molecule has 1 N–H and O–H groups in total. The van der Waals surface area contributed by atoms with E-state index in [0.717, 1.165) is 0 Å². The molecule has 168 valence electrons. The number of nitrogens with one attached hydrogen (secondary N) is 1. The van der Waals surface area contributed by atoms with Gasteiger partial charge in [-0.25, -0.2) is 14.1 Å². The SMILES string of the molecule is CCOc1ccccc1NC(=O)CC1CSc2nc3c(cnn3-c3ccc(F)cc3)c(=O)n21. The molecule has 0 bridgehead atoms. The van der Waals surface area contributed by atoms with Crippen LogP contribution in [0, 0.1) is 5.82 Å². The number of hydrogen-bond acceptors (Lipinski definition) is 6. The number of aromatic nitrogens is 4. The van der Waals surface area contributed by atoms with Crippen LogP contribution in [0.25, 0.3) is 16.7 Å². The Morgan fingerprint density at radius 3 is 2.82 bits per heavy atom. The molecule has 1 unspecified atom stereocenters. The Hall–Kier alpha value is -3.66. The van der Waals surface area contributed by atoms with Crippen molar-refractivity contribution in [2.75, 3.05) is 17.7 Å². The molecule has 3 heterocycles. The third-order valence-corrected chi connectivity index (χ3v) is 6.42. The van der Waals surface area contributed by atoms with Crippen molar-refractivity contribution < 1.29 is 13.9 Å². The number of thioether (sulfide) groups is 1. The lowest BCUT2D eigenvalue weighted by molar-refractivity contribution is -0.116. The number of fused-ring (bicyclic) bond motifs is 2. The molecular formula is C23H20FN5O3S. The summed E-state index contributed by atoms with van der Waals surface area (Å²) in [5, 5.41) is 8.04. The summed E-state index contributed by atoms with van der Waals surface area (Å²) in [7, 11) is 0. The van der Waals surface area contributed by atoms with Gasteiger partial charge in [0.1, 0.15) is 17.0 Å². The Morgan fingerprint density at radius 2 is 2.03 bits per heavy atom. The zero-order valence-corrected chi connectivity index (χ0v) is 18.5. The number of nitrogens with zero attached hydrogens (tertiary/aromatic N) is 4. The highest BCUT2D eigenvalue weighted by atomic mass is 32.2. The molecule has 0 aliphatic carbocycles. The Bertz CT molecular complexity index is 1400. The smallest absolute Gasteiger partial charge is 0.265 e. The molecule has 2 aromatic carbocycles. The van der Waals surface area contributed by atoms with Gasteiger partial charge in [0.25, 0.3) is 5.56 Å². The van der Waals surface area contributed by atoms with Gasteiger partial charge in [0.2, 0.25) is 5.91 Å². The van der Waals surface area contributed by atoms with Crippen molar-refractivity contribution in [1.29, 1.82) is 0 Å². The van der Waals surface area contributed by atoms with Crippen molar-refractivity contribution in [3.05, 3.63) is 70.9 Å². The first-order chi connectivity index (χ1) is 16.0. The molecule has 5 rings (SSSR count). The molecule has 1 aliphatic heterocycles. The standard InChI is InChI=1S/C23H20FN5O3S/c1-2-32-19-6-4-3-5-18(19)26-20(30)11-16-13-33-23-27-21-17(22(31)28(16)23)12-25-29(21)15-9-7-14(24)8-10-15/h3-10,12,16H,2,11,13H2,1H3,(H,26,30). The summed E-state index contributed by atoms with van der Waals surface area (Å²) in [6, 6.07) is 12.7. The van der Waals surface area contributed by atoms with Crippen LogP contribution >= 0.6 is 11.8 Å². The number of rotatable bonds is 6. The monoisotopic (exact) mass is 465 g/mol. The number of ether oxygens (including phenoxy) is 1. The lowest BCUT2D eigenvalue weighted by Gasteiger charge is -2.15. The van der Waals surface area contributed by atoms with Crippen LogP contribution in [0.5, 0.6) is 5.75 Å². The van der Waals surface area contributed by atoms with Crippen LogP contribution in [0.2, 0.25) is 0 Å². The number of anilines is 1. The van der Waals surface area contributed by atoms with Gasteiger partial charge in [-0.1, -0.05) is 23.9 Å². The highest BCUT2D eigenvalue weighted by Crippen LogP contribution is 2.34. The van der Waals surface area contributed by atoms with Crippen molar-refractivity contribution in [3.8, 4) is 11.4 Å². The van der Waals surface area contributed by atoms with E-state index in [-0.39, 0.29) is 29.7 Å². The van der Waals surface area contributed by atoms with Gasteiger partial charge in [-0.15, -0.1) is 0 Å². The van der Waals surface area contributed by atoms with Crippen LogP contribution in [0.15, 0.2) is 64.7 Å². The van der Waals surface area contributed by atoms with Crippen LogP contribution in [0.1, 0.15) is 19.4 Å². The molecule has 0 saturated carbocycles. The van der Waals surface area contributed by atoms with E-state index < -0.39 is 0 Å². The van der Waals surface area contributed by atoms with E-state index >= 15 is 0 Å². The fourth-order valence-corrected chi connectivity index (χ4v) is 4.95. The lowest BCUT2D eigenvalue weighted by Crippen LogP contribution is -2.27. The Balaban J connectivity index is 1.42. The van der Waals surface area contributed by atoms with E-state index in [2.05, 4.69) is 15.4 Å². The molecule has 4 aromatic rings. The minimum absolute atomic E-state index is 0.125. The van der Waals surface area contributed by atoms with Crippen molar-refractivity contribution in [2.24, 2.45) is 0 Å². The average Bonchev–Trinajstić information content (AvgIpc) is 3.41. The van der Waals surface area contributed by atoms with Crippen LogP contribution in [0.3, 0.4) is 0 Å². The molecule has 10 heteroatoms. The average molecular weight is 466 g/mol. The number of benzene rings is 2. The molecule has 0 fully saturated rings. The maximum Gasteiger partial charge on any atom is 0.265 e. The van der Waals surface area contributed by atoms with E-state index in [0.29, 0.717) is 45.7 Å². The molecule has 0 spiro atoms. The minimum atomic E-state index is -0.357. The van der Waals surface area contributed by atoms with Crippen LogP contribution in [-0.2, 0) is 4.79 Å². The fraction of sp³-hybridized carbons (Fsp3) is 0.217. The fourth-order valence-electron chi connectivity index (χ4n) is 3.82.